The summed E-state index contributed by atoms with van der Waals surface area (Å²) >= 11 is 0. The zero-order valence-electron chi connectivity index (χ0n) is 7.36. The van der Waals surface area contributed by atoms with Crippen LogP contribution in [0.15, 0.2) is 29.4 Å². The molecule has 0 saturated carbocycles. The number of hydrogen-bond donors (Lipinski definition) is 0. The summed E-state index contributed by atoms with van der Waals surface area (Å²) in [6.07, 6.45) is 0. The molecule has 13 heavy (non-hydrogen) atoms. The van der Waals surface area contributed by atoms with Crippen LogP contribution in [-0.2, 0) is 0 Å². The minimum Gasteiger partial charge on any atom is -0.0919 e. The van der Waals surface area contributed by atoms with E-state index in [4.69, 9.17) is 5.53 Å². The highest BCUT2D eigenvalue weighted by Gasteiger charge is 1.85. The van der Waals surface area contributed by atoms with Crippen LogP contribution in [0.4, 0.5) is 0 Å². The Balaban J connectivity index is 2.71. The Labute approximate surface area is 77.0 Å². The minimum absolute atomic E-state index is 0.227. The van der Waals surface area contributed by atoms with Gasteiger partial charge in [-0.05, 0) is 30.2 Å². The SMILES string of the molecule is Cc1cccc(C#CCN=[N+]=[N-])c1. The molecule has 0 atom stereocenters. The molecule has 3 nitrogen and oxygen atoms in total. The third kappa shape index (κ3) is 3.33. The van der Waals surface area contributed by atoms with Crippen LogP contribution in [0.5, 0.6) is 0 Å². The number of azide groups is 1. The van der Waals surface area contributed by atoms with Crippen molar-refractivity contribution in [3.8, 4) is 11.8 Å². The van der Waals surface area contributed by atoms with Crippen molar-refractivity contribution in [3.63, 3.8) is 0 Å². The van der Waals surface area contributed by atoms with E-state index in [0.29, 0.717) is 0 Å². The minimum atomic E-state index is 0.227. The van der Waals surface area contributed by atoms with E-state index in [1.807, 2.05) is 31.2 Å². The van der Waals surface area contributed by atoms with Crippen LogP contribution < -0.4 is 0 Å². The fraction of sp³-hybridized carbons (Fsp3) is 0.200. The first-order valence-electron chi connectivity index (χ1n) is 3.89. The van der Waals surface area contributed by atoms with Crippen molar-refractivity contribution in [1.29, 1.82) is 0 Å². The molecule has 0 aliphatic carbocycles. The van der Waals surface area contributed by atoms with Crippen molar-refractivity contribution in [2.45, 2.75) is 6.92 Å². The van der Waals surface area contributed by atoms with Crippen molar-refractivity contribution in [2.75, 3.05) is 6.54 Å². The summed E-state index contributed by atoms with van der Waals surface area (Å²) in [5.41, 5.74) is 10.1. The van der Waals surface area contributed by atoms with Crippen LogP contribution >= 0.6 is 0 Å². The van der Waals surface area contributed by atoms with Gasteiger partial charge < -0.3 is 0 Å². The summed E-state index contributed by atoms with van der Waals surface area (Å²) in [7, 11) is 0. The quantitative estimate of drug-likeness (QED) is 0.270. The van der Waals surface area contributed by atoms with Gasteiger partial charge in [0, 0.05) is 10.5 Å². The summed E-state index contributed by atoms with van der Waals surface area (Å²) in [6, 6.07) is 7.88. The Morgan fingerprint density at radius 3 is 3.08 bits per heavy atom. The van der Waals surface area contributed by atoms with E-state index in [2.05, 4.69) is 21.9 Å². The Hall–Kier alpha value is -1.91. The van der Waals surface area contributed by atoms with Gasteiger partial charge >= 0.3 is 0 Å². The average molecular weight is 171 g/mol. The fourth-order valence-electron chi connectivity index (χ4n) is 0.931. The van der Waals surface area contributed by atoms with Crippen molar-refractivity contribution in [2.24, 2.45) is 5.11 Å². The summed E-state index contributed by atoms with van der Waals surface area (Å²) < 4.78 is 0. The highest BCUT2D eigenvalue weighted by atomic mass is 15.1. The summed E-state index contributed by atoms with van der Waals surface area (Å²) in [4.78, 5) is 2.61. The maximum absolute atomic E-state index is 8.00. The van der Waals surface area contributed by atoms with Gasteiger partial charge in [-0.3, -0.25) is 0 Å². The van der Waals surface area contributed by atoms with Crippen LogP contribution in [0.1, 0.15) is 11.1 Å². The molecule has 0 N–H and O–H groups in total. The number of rotatable bonds is 1. The molecule has 0 aromatic heterocycles. The average Bonchev–Trinajstić information content (AvgIpc) is 2.13. The lowest BCUT2D eigenvalue weighted by molar-refractivity contribution is 1.25. The van der Waals surface area contributed by atoms with Crippen LogP contribution in [-0.4, -0.2) is 6.54 Å². The standard InChI is InChI=1S/C10H9N3/c1-9-4-2-5-10(8-9)6-3-7-12-13-11/h2,4-5,8H,7H2,1H3. The zero-order chi connectivity index (χ0) is 9.52. The van der Waals surface area contributed by atoms with Crippen LogP contribution in [0.2, 0.25) is 0 Å². The molecule has 0 heterocycles. The Bertz CT molecular complexity index is 392. The molecule has 0 aliphatic rings. The first kappa shape index (κ1) is 9.18. The van der Waals surface area contributed by atoms with Gasteiger partial charge in [-0.2, -0.15) is 0 Å². The maximum atomic E-state index is 8.00. The van der Waals surface area contributed by atoms with Crippen molar-refractivity contribution >= 4 is 0 Å². The highest BCUT2D eigenvalue weighted by molar-refractivity contribution is 5.36. The van der Waals surface area contributed by atoms with E-state index < -0.39 is 0 Å². The van der Waals surface area contributed by atoms with Gasteiger partial charge in [0.05, 0.1) is 6.54 Å². The lowest BCUT2D eigenvalue weighted by Crippen LogP contribution is -1.76. The molecular formula is C10H9N3. The van der Waals surface area contributed by atoms with E-state index in [1.54, 1.807) is 0 Å². The van der Waals surface area contributed by atoms with Crippen molar-refractivity contribution in [3.05, 3.63) is 45.8 Å². The van der Waals surface area contributed by atoms with Gasteiger partial charge in [-0.15, -0.1) is 0 Å². The van der Waals surface area contributed by atoms with Gasteiger partial charge in [0.1, 0.15) is 0 Å². The van der Waals surface area contributed by atoms with E-state index in [0.717, 1.165) is 5.56 Å². The first-order valence-corrected chi connectivity index (χ1v) is 3.89. The summed E-state index contributed by atoms with van der Waals surface area (Å²) in [5.74, 6) is 5.66. The molecule has 0 unspecified atom stereocenters. The second-order valence-corrected chi connectivity index (χ2v) is 2.56. The number of hydrogen-bond acceptors (Lipinski definition) is 1. The Kier molecular flexibility index (Phi) is 3.44. The number of benzene rings is 1. The molecule has 0 radical (unpaired) electrons. The van der Waals surface area contributed by atoms with Gasteiger partial charge in [-0.1, -0.05) is 29.1 Å². The molecular weight excluding hydrogens is 162 g/mol. The third-order valence-electron chi connectivity index (χ3n) is 1.46. The Morgan fingerprint density at radius 1 is 1.54 bits per heavy atom. The predicted molar refractivity (Wildman–Crippen MR) is 52.1 cm³/mol. The highest BCUT2D eigenvalue weighted by Crippen LogP contribution is 2.01. The molecule has 1 aromatic carbocycles. The van der Waals surface area contributed by atoms with Crippen LogP contribution in [0.25, 0.3) is 10.4 Å². The van der Waals surface area contributed by atoms with Gasteiger partial charge in [0.2, 0.25) is 0 Å². The lowest BCUT2D eigenvalue weighted by Gasteiger charge is -1.91. The van der Waals surface area contributed by atoms with E-state index in [9.17, 15) is 0 Å². The van der Waals surface area contributed by atoms with E-state index in [-0.39, 0.29) is 6.54 Å². The molecule has 3 heteroatoms. The molecule has 0 bridgehead atoms. The molecule has 1 rings (SSSR count). The molecule has 0 fully saturated rings. The monoisotopic (exact) mass is 171 g/mol. The molecule has 0 aliphatic heterocycles. The molecule has 0 spiro atoms. The Morgan fingerprint density at radius 2 is 2.38 bits per heavy atom. The third-order valence-corrected chi connectivity index (χ3v) is 1.46. The topological polar surface area (TPSA) is 48.8 Å². The van der Waals surface area contributed by atoms with Gasteiger partial charge in [0.25, 0.3) is 0 Å². The molecule has 0 amide bonds. The predicted octanol–water partition coefficient (Wildman–Crippen LogP) is 2.66. The number of aryl methyl sites for hydroxylation is 1. The van der Waals surface area contributed by atoms with Gasteiger partial charge in [0.15, 0.2) is 0 Å². The molecule has 0 saturated heterocycles. The summed E-state index contributed by atoms with van der Waals surface area (Å²) in [5, 5.41) is 3.32. The van der Waals surface area contributed by atoms with E-state index in [1.165, 1.54) is 5.56 Å². The van der Waals surface area contributed by atoms with Crippen LogP contribution in [0, 0.1) is 18.8 Å². The van der Waals surface area contributed by atoms with Crippen molar-refractivity contribution < 1.29 is 0 Å². The molecule has 64 valence electrons. The zero-order valence-corrected chi connectivity index (χ0v) is 7.36. The molecule has 1 aromatic rings. The van der Waals surface area contributed by atoms with Gasteiger partial charge in [-0.25, -0.2) is 0 Å². The van der Waals surface area contributed by atoms with Crippen LogP contribution in [0.3, 0.4) is 0 Å². The second kappa shape index (κ2) is 4.87. The lowest BCUT2D eigenvalue weighted by atomic mass is 10.1. The smallest absolute Gasteiger partial charge is 0.0880 e. The second-order valence-electron chi connectivity index (χ2n) is 2.56. The largest absolute Gasteiger partial charge is 0.0919 e. The number of nitrogens with zero attached hydrogens (tertiary/aromatic N) is 3. The first-order chi connectivity index (χ1) is 6.33. The van der Waals surface area contributed by atoms with E-state index >= 15 is 0 Å². The fourth-order valence-corrected chi connectivity index (χ4v) is 0.931. The maximum Gasteiger partial charge on any atom is 0.0880 e. The van der Waals surface area contributed by atoms with Crippen molar-refractivity contribution in [1.82, 2.24) is 0 Å². The summed E-state index contributed by atoms with van der Waals surface area (Å²) in [6.45, 7) is 2.24. The normalized spacial score (nSPS) is 8.08.